The summed E-state index contributed by atoms with van der Waals surface area (Å²) in [7, 11) is 0. The lowest BCUT2D eigenvalue weighted by atomic mass is 10.1. The van der Waals surface area contributed by atoms with Crippen molar-refractivity contribution in [3.8, 4) is 0 Å². The highest BCUT2D eigenvalue weighted by Crippen LogP contribution is 2.22. The molecule has 0 bridgehead atoms. The van der Waals surface area contributed by atoms with Crippen LogP contribution in [0.3, 0.4) is 0 Å². The number of benzene rings is 2. The third kappa shape index (κ3) is 4.81. The first-order valence-electron chi connectivity index (χ1n) is 8.43. The number of rotatable bonds is 6. The fraction of sp³-hybridized carbons (Fsp3) is 0.400. The summed E-state index contributed by atoms with van der Waals surface area (Å²) in [5.41, 5.74) is 3.80. The van der Waals surface area contributed by atoms with Crippen LogP contribution in [0, 0.1) is 12.8 Å². The molecule has 122 valence electrons. The second-order valence-electron chi connectivity index (χ2n) is 6.61. The molecule has 1 N–H and O–H groups in total. The van der Waals surface area contributed by atoms with E-state index in [0.29, 0.717) is 0 Å². The lowest BCUT2D eigenvalue weighted by Crippen LogP contribution is -2.30. The van der Waals surface area contributed by atoms with Crippen LogP contribution in [0.15, 0.2) is 48.5 Å². The zero-order valence-corrected chi connectivity index (χ0v) is 14.5. The van der Waals surface area contributed by atoms with Gasteiger partial charge in [-0.25, -0.2) is 0 Å². The summed E-state index contributed by atoms with van der Waals surface area (Å²) in [6.07, 6.45) is 1.27. The second kappa shape index (κ2) is 7.96. The fourth-order valence-electron chi connectivity index (χ4n) is 3.28. The monoisotopic (exact) mass is 328 g/mol. The molecule has 0 unspecified atom stereocenters. The van der Waals surface area contributed by atoms with Crippen molar-refractivity contribution in [1.82, 2.24) is 10.2 Å². The van der Waals surface area contributed by atoms with Gasteiger partial charge in [-0.2, -0.15) is 0 Å². The van der Waals surface area contributed by atoms with Gasteiger partial charge in [-0.05, 0) is 55.1 Å². The van der Waals surface area contributed by atoms with Crippen molar-refractivity contribution in [2.75, 3.05) is 19.6 Å². The van der Waals surface area contributed by atoms with Crippen LogP contribution in [0.2, 0.25) is 5.02 Å². The first-order valence-corrected chi connectivity index (χ1v) is 8.80. The van der Waals surface area contributed by atoms with Gasteiger partial charge in [0.1, 0.15) is 0 Å². The van der Waals surface area contributed by atoms with Gasteiger partial charge in [0, 0.05) is 24.7 Å². The first-order chi connectivity index (χ1) is 11.2. The minimum absolute atomic E-state index is 0.739. The van der Waals surface area contributed by atoms with E-state index in [9.17, 15) is 0 Å². The maximum atomic E-state index is 6.45. The maximum absolute atomic E-state index is 6.45. The Bertz CT molecular complexity index is 621. The average Bonchev–Trinajstić information content (AvgIpc) is 3.04. The Morgan fingerprint density at radius 1 is 1.13 bits per heavy atom. The Hall–Kier alpha value is -1.35. The van der Waals surface area contributed by atoms with Crippen LogP contribution in [-0.4, -0.2) is 24.5 Å². The molecule has 2 nitrogen and oxygen atoms in total. The van der Waals surface area contributed by atoms with Gasteiger partial charge in [0.25, 0.3) is 0 Å². The summed E-state index contributed by atoms with van der Waals surface area (Å²) in [6, 6.07) is 17.1. The number of hydrogen-bond acceptors (Lipinski definition) is 2. The second-order valence-corrected chi connectivity index (χ2v) is 7.02. The summed E-state index contributed by atoms with van der Waals surface area (Å²) < 4.78 is 0. The number of aryl methyl sites for hydroxylation is 1. The normalized spacial score (nSPS) is 17.8. The molecule has 1 heterocycles. The van der Waals surface area contributed by atoms with Crippen molar-refractivity contribution in [2.45, 2.75) is 26.4 Å². The number of hydrogen-bond donors (Lipinski definition) is 1. The lowest BCUT2D eigenvalue weighted by Gasteiger charge is -2.26. The van der Waals surface area contributed by atoms with E-state index in [4.69, 9.17) is 11.6 Å². The SMILES string of the molecule is Cc1ccc(CN(Cc2ccccc2)C[C@H]2CCNC2)c(Cl)c1. The largest absolute Gasteiger partial charge is 0.316 e. The molecule has 0 aromatic heterocycles. The lowest BCUT2D eigenvalue weighted by molar-refractivity contribution is 0.220. The maximum Gasteiger partial charge on any atom is 0.0453 e. The predicted molar refractivity (Wildman–Crippen MR) is 97.7 cm³/mol. The Morgan fingerprint density at radius 3 is 2.65 bits per heavy atom. The van der Waals surface area contributed by atoms with E-state index < -0.39 is 0 Å². The Balaban J connectivity index is 1.73. The third-order valence-corrected chi connectivity index (χ3v) is 4.88. The average molecular weight is 329 g/mol. The van der Waals surface area contributed by atoms with Crippen molar-refractivity contribution >= 4 is 11.6 Å². The van der Waals surface area contributed by atoms with E-state index in [1.807, 2.05) is 0 Å². The highest BCUT2D eigenvalue weighted by atomic mass is 35.5. The van der Waals surface area contributed by atoms with Gasteiger partial charge in [-0.15, -0.1) is 0 Å². The van der Waals surface area contributed by atoms with Crippen molar-refractivity contribution < 1.29 is 0 Å². The molecule has 1 atom stereocenters. The summed E-state index contributed by atoms with van der Waals surface area (Å²) in [4.78, 5) is 2.53. The van der Waals surface area contributed by atoms with E-state index >= 15 is 0 Å². The Morgan fingerprint density at radius 2 is 1.96 bits per heavy atom. The van der Waals surface area contributed by atoms with Gasteiger partial charge in [0.05, 0.1) is 0 Å². The molecular formula is C20H25ClN2. The molecule has 3 heteroatoms. The molecule has 0 radical (unpaired) electrons. The molecule has 23 heavy (non-hydrogen) atoms. The van der Waals surface area contributed by atoms with Crippen LogP contribution in [0.25, 0.3) is 0 Å². The smallest absolute Gasteiger partial charge is 0.0453 e. The molecule has 2 aromatic rings. The standard InChI is InChI=1S/C20H25ClN2/c1-16-7-8-19(20(21)11-16)15-23(14-18-9-10-22-12-18)13-17-5-3-2-4-6-17/h2-8,11,18,22H,9-10,12-15H2,1H3/t18-/m0/s1. The van der Waals surface area contributed by atoms with E-state index in [2.05, 4.69) is 65.7 Å². The molecular weight excluding hydrogens is 304 g/mol. The van der Waals surface area contributed by atoms with Gasteiger partial charge in [0.2, 0.25) is 0 Å². The van der Waals surface area contributed by atoms with Crippen molar-refractivity contribution in [3.63, 3.8) is 0 Å². The number of halogens is 1. The molecule has 1 aliphatic rings. The Kier molecular flexibility index (Phi) is 5.71. The summed E-state index contributed by atoms with van der Waals surface area (Å²) in [5, 5.41) is 4.35. The number of nitrogens with zero attached hydrogens (tertiary/aromatic N) is 1. The molecule has 0 aliphatic carbocycles. The fourth-order valence-corrected chi connectivity index (χ4v) is 3.58. The summed E-state index contributed by atoms with van der Waals surface area (Å²) in [5.74, 6) is 0.739. The highest BCUT2D eigenvalue weighted by Gasteiger charge is 2.19. The Labute approximate surface area is 144 Å². The van der Waals surface area contributed by atoms with E-state index in [1.165, 1.54) is 23.1 Å². The predicted octanol–water partition coefficient (Wildman–Crippen LogP) is 4.26. The topological polar surface area (TPSA) is 15.3 Å². The van der Waals surface area contributed by atoms with Crippen LogP contribution in [0.5, 0.6) is 0 Å². The van der Waals surface area contributed by atoms with Gasteiger partial charge in [-0.1, -0.05) is 54.1 Å². The van der Waals surface area contributed by atoms with Gasteiger partial charge >= 0.3 is 0 Å². The molecule has 1 aliphatic heterocycles. The van der Waals surface area contributed by atoms with Gasteiger partial charge < -0.3 is 5.32 Å². The van der Waals surface area contributed by atoms with Crippen LogP contribution >= 0.6 is 11.6 Å². The minimum atomic E-state index is 0.739. The molecule has 0 saturated carbocycles. The molecule has 1 saturated heterocycles. The van der Waals surface area contributed by atoms with E-state index in [1.54, 1.807) is 0 Å². The van der Waals surface area contributed by atoms with Crippen molar-refractivity contribution in [1.29, 1.82) is 0 Å². The van der Waals surface area contributed by atoms with Crippen molar-refractivity contribution in [2.24, 2.45) is 5.92 Å². The zero-order chi connectivity index (χ0) is 16.1. The molecule has 0 spiro atoms. The van der Waals surface area contributed by atoms with Crippen molar-refractivity contribution in [3.05, 3.63) is 70.2 Å². The summed E-state index contributed by atoms with van der Waals surface area (Å²) >= 11 is 6.45. The van der Waals surface area contributed by atoms with E-state index in [-0.39, 0.29) is 0 Å². The van der Waals surface area contributed by atoms with Crippen LogP contribution in [-0.2, 0) is 13.1 Å². The zero-order valence-electron chi connectivity index (χ0n) is 13.8. The number of nitrogens with one attached hydrogen (secondary N) is 1. The quantitative estimate of drug-likeness (QED) is 0.852. The summed E-state index contributed by atoms with van der Waals surface area (Å²) in [6.45, 7) is 7.36. The molecule has 0 amide bonds. The minimum Gasteiger partial charge on any atom is -0.316 e. The highest BCUT2D eigenvalue weighted by molar-refractivity contribution is 6.31. The van der Waals surface area contributed by atoms with Crippen LogP contribution in [0.4, 0.5) is 0 Å². The molecule has 1 fully saturated rings. The first kappa shape index (κ1) is 16.5. The van der Waals surface area contributed by atoms with Crippen LogP contribution < -0.4 is 5.32 Å². The van der Waals surface area contributed by atoms with Gasteiger partial charge in [0.15, 0.2) is 0 Å². The molecule has 3 rings (SSSR count). The van der Waals surface area contributed by atoms with Gasteiger partial charge in [-0.3, -0.25) is 4.90 Å². The van der Waals surface area contributed by atoms with E-state index in [0.717, 1.165) is 43.7 Å². The van der Waals surface area contributed by atoms with Crippen LogP contribution in [0.1, 0.15) is 23.1 Å². The molecule has 2 aromatic carbocycles. The third-order valence-electron chi connectivity index (χ3n) is 4.53.